The maximum absolute atomic E-state index is 13.3. The second kappa shape index (κ2) is 11.9. The molecule has 188 valence electrons. The van der Waals surface area contributed by atoms with E-state index in [1.165, 1.54) is 36.5 Å². The Morgan fingerprint density at radius 3 is 2.42 bits per heavy atom. The average molecular weight is 511 g/mol. The number of benzene rings is 3. The lowest BCUT2D eigenvalue weighted by Gasteiger charge is -2.23. The summed E-state index contributed by atoms with van der Waals surface area (Å²) < 4.78 is 33.0. The summed E-state index contributed by atoms with van der Waals surface area (Å²) in [5, 5.41) is 15.1. The largest absolute Gasteiger partial charge is 0.493 e. The van der Waals surface area contributed by atoms with Crippen molar-refractivity contribution in [2.45, 2.75) is 18.7 Å². The number of nitrogens with one attached hydrogen (secondary N) is 1. The number of nitro groups is 1. The van der Waals surface area contributed by atoms with Crippen LogP contribution in [0.4, 0.5) is 11.4 Å². The van der Waals surface area contributed by atoms with Gasteiger partial charge in [-0.3, -0.25) is 19.2 Å². The van der Waals surface area contributed by atoms with Crippen LogP contribution in [0.2, 0.25) is 0 Å². The van der Waals surface area contributed by atoms with Crippen LogP contribution in [-0.4, -0.2) is 38.6 Å². The third-order valence-electron chi connectivity index (χ3n) is 4.81. The van der Waals surface area contributed by atoms with Crippen molar-refractivity contribution in [2.24, 2.45) is 11.0 Å². The van der Waals surface area contributed by atoms with Gasteiger partial charge in [-0.05, 0) is 53.9 Å². The number of sulfonamides is 1. The highest BCUT2D eigenvalue weighted by Crippen LogP contribution is 2.26. The zero-order valence-electron chi connectivity index (χ0n) is 19.8. The number of anilines is 1. The maximum Gasteiger partial charge on any atom is 0.271 e. The van der Waals surface area contributed by atoms with Crippen LogP contribution in [0.3, 0.4) is 0 Å². The molecule has 0 saturated carbocycles. The molecule has 10 nitrogen and oxygen atoms in total. The van der Waals surface area contributed by atoms with Crippen LogP contribution in [0.25, 0.3) is 0 Å². The highest BCUT2D eigenvalue weighted by Gasteiger charge is 2.28. The Balaban J connectivity index is 1.76. The molecule has 0 radical (unpaired) electrons. The van der Waals surface area contributed by atoms with Crippen molar-refractivity contribution in [3.63, 3.8) is 0 Å². The quantitative estimate of drug-likeness (QED) is 0.236. The number of hydrogen-bond donors (Lipinski definition) is 1. The van der Waals surface area contributed by atoms with E-state index in [-0.39, 0.29) is 16.3 Å². The van der Waals surface area contributed by atoms with E-state index in [1.807, 2.05) is 0 Å². The molecular weight excluding hydrogens is 484 g/mol. The highest BCUT2D eigenvalue weighted by atomic mass is 32.2. The smallest absolute Gasteiger partial charge is 0.271 e. The summed E-state index contributed by atoms with van der Waals surface area (Å²) in [4.78, 5) is 23.1. The zero-order chi connectivity index (χ0) is 26.1. The third-order valence-corrected chi connectivity index (χ3v) is 6.60. The molecule has 0 saturated heterocycles. The van der Waals surface area contributed by atoms with Crippen LogP contribution in [0.1, 0.15) is 19.4 Å². The Morgan fingerprint density at radius 2 is 1.78 bits per heavy atom. The van der Waals surface area contributed by atoms with Crippen LogP contribution >= 0.6 is 0 Å². The molecule has 0 heterocycles. The number of amides is 1. The van der Waals surface area contributed by atoms with Gasteiger partial charge in [0.25, 0.3) is 21.6 Å². The first-order valence-electron chi connectivity index (χ1n) is 11.0. The molecule has 0 fully saturated rings. The van der Waals surface area contributed by atoms with Crippen molar-refractivity contribution in [1.29, 1.82) is 0 Å². The summed E-state index contributed by atoms with van der Waals surface area (Å²) in [6.07, 6.45) is 1.41. The summed E-state index contributed by atoms with van der Waals surface area (Å²) in [6, 6.07) is 19.7. The normalized spacial score (nSPS) is 11.4. The predicted octanol–water partition coefficient (Wildman–Crippen LogP) is 3.98. The number of carbonyl (C=O) groups is 1. The van der Waals surface area contributed by atoms with Gasteiger partial charge in [0, 0.05) is 12.1 Å². The van der Waals surface area contributed by atoms with E-state index in [2.05, 4.69) is 24.4 Å². The Hall–Kier alpha value is -4.25. The molecule has 0 aliphatic heterocycles. The number of hydrogen-bond acceptors (Lipinski definition) is 7. The van der Waals surface area contributed by atoms with Gasteiger partial charge in [0.15, 0.2) is 0 Å². The highest BCUT2D eigenvalue weighted by molar-refractivity contribution is 7.92. The molecular formula is C25H26N4O6S. The fourth-order valence-electron chi connectivity index (χ4n) is 3.05. The summed E-state index contributed by atoms with van der Waals surface area (Å²) >= 11 is 0. The first-order valence-corrected chi connectivity index (χ1v) is 12.5. The van der Waals surface area contributed by atoms with E-state index in [1.54, 1.807) is 42.5 Å². The van der Waals surface area contributed by atoms with Crippen molar-refractivity contribution < 1.29 is 22.9 Å². The molecule has 0 atom stereocenters. The van der Waals surface area contributed by atoms with Gasteiger partial charge in [-0.2, -0.15) is 5.10 Å². The van der Waals surface area contributed by atoms with Gasteiger partial charge in [0.2, 0.25) is 0 Å². The van der Waals surface area contributed by atoms with Gasteiger partial charge >= 0.3 is 0 Å². The molecule has 0 unspecified atom stereocenters. The number of ether oxygens (including phenoxy) is 1. The van der Waals surface area contributed by atoms with E-state index >= 15 is 0 Å². The van der Waals surface area contributed by atoms with E-state index in [9.17, 15) is 23.3 Å². The molecule has 0 bridgehead atoms. The molecule has 3 rings (SSSR count). The number of nitro benzene ring substituents is 1. The Labute approximate surface area is 209 Å². The van der Waals surface area contributed by atoms with Gasteiger partial charge in [-0.15, -0.1) is 0 Å². The van der Waals surface area contributed by atoms with Crippen LogP contribution in [-0.2, 0) is 14.8 Å². The number of hydrazone groups is 1. The molecule has 36 heavy (non-hydrogen) atoms. The van der Waals surface area contributed by atoms with Crippen molar-refractivity contribution in [1.82, 2.24) is 5.43 Å². The minimum absolute atomic E-state index is 0.0239. The van der Waals surface area contributed by atoms with E-state index < -0.39 is 27.4 Å². The van der Waals surface area contributed by atoms with Crippen LogP contribution in [0.5, 0.6) is 5.75 Å². The Kier molecular flexibility index (Phi) is 8.74. The van der Waals surface area contributed by atoms with Crippen molar-refractivity contribution in [3.8, 4) is 5.75 Å². The third kappa shape index (κ3) is 7.12. The fourth-order valence-corrected chi connectivity index (χ4v) is 4.49. The second-order valence-corrected chi connectivity index (χ2v) is 10.0. The number of non-ortho nitro benzene ring substituents is 1. The summed E-state index contributed by atoms with van der Waals surface area (Å²) in [7, 11) is -4.20. The number of carbonyl (C=O) groups excluding carboxylic acids is 1. The zero-order valence-corrected chi connectivity index (χ0v) is 20.6. The molecule has 1 amide bonds. The molecule has 0 aliphatic rings. The standard InChI is InChI=1S/C25H26N4O6S/c1-19(2)18-35-23-13-11-20(12-14-23)16-26-27-25(30)17-28(21-7-6-8-22(15-21)29(31)32)36(33,34)24-9-4-3-5-10-24/h3-16,19H,17-18H2,1-2H3,(H,27,30). The fraction of sp³-hybridized carbons (Fsp3) is 0.200. The SMILES string of the molecule is CC(C)COc1ccc(C=NNC(=O)CN(c2cccc([N+](=O)[O-])c2)S(=O)(=O)c2ccccc2)cc1. The minimum atomic E-state index is -4.20. The summed E-state index contributed by atoms with van der Waals surface area (Å²) in [6.45, 7) is 4.05. The van der Waals surface area contributed by atoms with E-state index in [0.29, 0.717) is 23.8 Å². The lowest BCUT2D eigenvalue weighted by atomic mass is 10.2. The van der Waals surface area contributed by atoms with Gasteiger partial charge in [0.1, 0.15) is 12.3 Å². The van der Waals surface area contributed by atoms with Gasteiger partial charge < -0.3 is 4.74 Å². The molecule has 0 aromatic heterocycles. The monoisotopic (exact) mass is 510 g/mol. The molecule has 3 aromatic carbocycles. The predicted molar refractivity (Wildman–Crippen MR) is 137 cm³/mol. The first-order chi connectivity index (χ1) is 17.2. The van der Waals surface area contributed by atoms with Crippen molar-refractivity contribution >= 4 is 33.5 Å². The van der Waals surface area contributed by atoms with E-state index in [0.717, 1.165) is 10.4 Å². The maximum atomic E-state index is 13.3. The second-order valence-electron chi connectivity index (χ2n) is 8.17. The summed E-state index contributed by atoms with van der Waals surface area (Å²) in [5.74, 6) is 0.381. The van der Waals surface area contributed by atoms with Crippen LogP contribution in [0.15, 0.2) is 88.9 Å². The van der Waals surface area contributed by atoms with Crippen molar-refractivity contribution in [2.75, 3.05) is 17.5 Å². The lowest BCUT2D eigenvalue weighted by Crippen LogP contribution is -2.39. The molecule has 1 N–H and O–H groups in total. The minimum Gasteiger partial charge on any atom is -0.493 e. The van der Waals surface area contributed by atoms with Gasteiger partial charge in [-0.25, -0.2) is 13.8 Å². The van der Waals surface area contributed by atoms with E-state index in [4.69, 9.17) is 4.74 Å². The van der Waals surface area contributed by atoms with Gasteiger partial charge in [0.05, 0.1) is 28.3 Å². The molecule has 0 spiro atoms. The first kappa shape index (κ1) is 26.4. The van der Waals surface area contributed by atoms with Gasteiger partial charge in [-0.1, -0.05) is 38.1 Å². The van der Waals surface area contributed by atoms with Crippen molar-refractivity contribution in [3.05, 3.63) is 94.5 Å². The summed E-state index contributed by atoms with van der Waals surface area (Å²) in [5.41, 5.74) is 2.67. The molecule has 0 aliphatic carbocycles. The van der Waals surface area contributed by atoms with Crippen LogP contribution < -0.4 is 14.5 Å². The Morgan fingerprint density at radius 1 is 1.08 bits per heavy atom. The molecule has 11 heteroatoms. The number of nitrogens with zero attached hydrogens (tertiary/aromatic N) is 3. The average Bonchev–Trinajstić information content (AvgIpc) is 2.87. The van der Waals surface area contributed by atoms with Crippen LogP contribution in [0, 0.1) is 16.0 Å². The Bertz CT molecular complexity index is 1330. The molecule has 3 aromatic rings. The number of rotatable bonds is 11. The lowest BCUT2D eigenvalue weighted by molar-refractivity contribution is -0.384. The topological polar surface area (TPSA) is 131 Å².